The van der Waals surface area contributed by atoms with Crippen molar-refractivity contribution < 1.29 is 9.18 Å². The lowest BCUT2D eigenvalue weighted by atomic mass is 10.0. The molecule has 1 saturated heterocycles. The topological polar surface area (TPSA) is 79.2 Å². The number of nitrogens with zero attached hydrogens (tertiary/aromatic N) is 6. The first kappa shape index (κ1) is 22.8. The molecule has 2 heterocycles. The number of carbonyl (C=O) groups excluding carboxylic acids is 1. The number of aromatic nitrogens is 4. The number of hydrogen-bond acceptors (Lipinski definition) is 6. The Bertz CT molecular complexity index is 1060. The SMILES string of the molecule is CC(NC(=O)CCCn1nnc(-c2ccccc2)n1)c1cc(F)ccc1N1CCN(C)CC1. The van der Waals surface area contributed by atoms with Gasteiger partial charge in [0.2, 0.25) is 11.7 Å². The zero-order valence-electron chi connectivity index (χ0n) is 19.1. The Kier molecular flexibility index (Phi) is 7.29. The van der Waals surface area contributed by atoms with E-state index < -0.39 is 0 Å². The maximum absolute atomic E-state index is 14.0. The van der Waals surface area contributed by atoms with Gasteiger partial charge < -0.3 is 15.1 Å². The number of halogens is 1. The van der Waals surface area contributed by atoms with Crippen molar-refractivity contribution in [1.29, 1.82) is 0 Å². The minimum atomic E-state index is -0.296. The average molecular weight is 452 g/mol. The summed E-state index contributed by atoms with van der Waals surface area (Å²) in [5, 5.41) is 15.5. The van der Waals surface area contributed by atoms with E-state index >= 15 is 0 Å². The Balaban J connectivity index is 1.31. The van der Waals surface area contributed by atoms with Crippen LogP contribution < -0.4 is 10.2 Å². The average Bonchev–Trinajstić information content (AvgIpc) is 3.29. The number of benzene rings is 2. The summed E-state index contributed by atoms with van der Waals surface area (Å²) in [4.78, 5) is 18.6. The van der Waals surface area contributed by atoms with Gasteiger partial charge in [0, 0.05) is 49.4 Å². The minimum Gasteiger partial charge on any atom is -0.369 e. The molecule has 1 atom stereocenters. The first-order chi connectivity index (χ1) is 16.0. The second-order valence-electron chi connectivity index (χ2n) is 8.46. The van der Waals surface area contributed by atoms with Crippen LogP contribution in [0.3, 0.4) is 0 Å². The van der Waals surface area contributed by atoms with Crippen molar-refractivity contribution in [1.82, 2.24) is 30.4 Å². The standard InChI is InChI=1S/C24H30FN7O/c1-18(21-17-20(25)10-11-22(21)31-15-13-30(2)14-16-31)26-23(33)9-6-12-32-28-24(27-29-32)19-7-4-3-5-8-19/h3-5,7-8,10-11,17-18H,6,9,12-16H2,1-2H3,(H,26,33). The van der Waals surface area contributed by atoms with Crippen molar-refractivity contribution in [2.45, 2.75) is 32.4 Å². The van der Waals surface area contributed by atoms with Crippen LogP contribution in [-0.4, -0.2) is 64.2 Å². The van der Waals surface area contributed by atoms with Crippen LogP contribution in [0.4, 0.5) is 10.1 Å². The summed E-state index contributed by atoms with van der Waals surface area (Å²) in [6.45, 7) is 6.07. The van der Waals surface area contributed by atoms with E-state index in [-0.39, 0.29) is 17.8 Å². The third-order valence-corrected chi connectivity index (χ3v) is 5.92. The highest BCUT2D eigenvalue weighted by Crippen LogP contribution is 2.28. The Morgan fingerprint density at radius 1 is 1.12 bits per heavy atom. The van der Waals surface area contributed by atoms with Gasteiger partial charge in [-0.2, -0.15) is 4.80 Å². The van der Waals surface area contributed by atoms with Crippen LogP contribution in [-0.2, 0) is 11.3 Å². The van der Waals surface area contributed by atoms with Crippen LogP contribution in [0.5, 0.6) is 0 Å². The molecule has 0 saturated carbocycles. The molecule has 2 aromatic carbocycles. The highest BCUT2D eigenvalue weighted by atomic mass is 19.1. The molecule has 0 spiro atoms. The number of anilines is 1. The monoisotopic (exact) mass is 451 g/mol. The lowest BCUT2D eigenvalue weighted by molar-refractivity contribution is -0.121. The highest BCUT2D eigenvalue weighted by Gasteiger charge is 2.21. The molecule has 3 aromatic rings. The van der Waals surface area contributed by atoms with Crippen LogP contribution in [0, 0.1) is 5.82 Å². The molecule has 1 aliphatic rings. The van der Waals surface area contributed by atoms with E-state index in [9.17, 15) is 9.18 Å². The number of amides is 1. The maximum atomic E-state index is 14.0. The number of hydrogen-bond donors (Lipinski definition) is 1. The fraction of sp³-hybridized carbons (Fsp3) is 0.417. The van der Waals surface area contributed by atoms with Gasteiger partial charge in [-0.05, 0) is 43.8 Å². The second kappa shape index (κ2) is 10.5. The molecule has 1 N–H and O–H groups in total. The van der Waals surface area contributed by atoms with Gasteiger partial charge in [0.1, 0.15) is 5.82 Å². The molecule has 1 amide bonds. The molecule has 1 fully saturated rings. The summed E-state index contributed by atoms with van der Waals surface area (Å²) in [6, 6.07) is 14.2. The van der Waals surface area contributed by atoms with Gasteiger partial charge in [0.05, 0.1) is 12.6 Å². The predicted molar refractivity (Wildman–Crippen MR) is 125 cm³/mol. The van der Waals surface area contributed by atoms with E-state index in [1.54, 1.807) is 0 Å². The lowest BCUT2D eigenvalue weighted by Gasteiger charge is -2.36. The predicted octanol–water partition coefficient (Wildman–Crippen LogP) is 2.89. The lowest BCUT2D eigenvalue weighted by Crippen LogP contribution is -2.45. The van der Waals surface area contributed by atoms with Gasteiger partial charge >= 0.3 is 0 Å². The highest BCUT2D eigenvalue weighted by molar-refractivity contribution is 5.76. The molecule has 8 nitrogen and oxygen atoms in total. The van der Waals surface area contributed by atoms with Crippen LogP contribution in [0.1, 0.15) is 31.4 Å². The van der Waals surface area contributed by atoms with E-state index in [4.69, 9.17) is 0 Å². The zero-order valence-corrected chi connectivity index (χ0v) is 19.1. The number of aryl methyl sites for hydroxylation is 1. The Hall–Kier alpha value is -3.33. The Morgan fingerprint density at radius 3 is 2.64 bits per heavy atom. The van der Waals surface area contributed by atoms with Crippen molar-refractivity contribution >= 4 is 11.6 Å². The number of likely N-dealkylation sites (N-methyl/N-ethyl adjacent to an activating group) is 1. The summed E-state index contributed by atoms with van der Waals surface area (Å²) in [6.07, 6.45) is 0.906. The fourth-order valence-corrected chi connectivity index (χ4v) is 4.02. The molecule has 33 heavy (non-hydrogen) atoms. The van der Waals surface area contributed by atoms with Crippen molar-refractivity contribution in [3.8, 4) is 11.4 Å². The van der Waals surface area contributed by atoms with Crippen molar-refractivity contribution in [3.05, 3.63) is 59.9 Å². The van der Waals surface area contributed by atoms with Gasteiger partial charge in [-0.3, -0.25) is 4.79 Å². The molecule has 1 aromatic heterocycles. The molecule has 0 aliphatic carbocycles. The van der Waals surface area contributed by atoms with E-state index in [2.05, 4.69) is 37.6 Å². The smallest absolute Gasteiger partial charge is 0.220 e. The summed E-state index contributed by atoms with van der Waals surface area (Å²) < 4.78 is 14.0. The summed E-state index contributed by atoms with van der Waals surface area (Å²) in [5.74, 6) is 0.186. The molecule has 1 unspecified atom stereocenters. The second-order valence-corrected chi connectivity index (χ2v) is 8.46. The molecule has 0 radical (unpaired) electrons. The molecule has 9 heteroatoms. The van der Waals surface area contributed by atoms with Gasteiger partial charge in [0.15, 0.2) is 0 Å². The maximum Gasteiger partial charge on any atom is 0.220 e. The van der Waals surface area contributed by atoms with Crippen LogP contribution >= 0.6 is 0 Å². The zero-order chi connectivity index (χ0) is 23.2. The first-order valence-electron chi connectivity index (χ1n) is 11.3. The third kappa shape index (κ3) is 5.92. The molecular weight excluding hydrogens is 421 g/mol. The first-order valence-corrected chi connectivity index (χ1v) is 11.3. The number of piperazine rings is 1. The third-order valence-electron chi connectivity index (χ3n) is 5.92. The Morgan fingerprint density at radius 2 is 1.88 bits per heavy atom. The molecule has 174 valence electrons. The van der Waals surface area contributed by atoms with E-state index in [1.807, 2.05) is 43.3 Å². The summed E-state index contributed by atoms with van der Waals surface area (Å²) >= 11 is 0. The van der Waals surface area contributed by atoms with E-state index in [0.29, 0.717) is 25.2 Å². The van der Waals surface area contributed by atoms with Gasteiger partial charge in [-0.15, -0.1) is 10.2 Å². The molecule has 1 aliphatic heterocycles. The Labute approximate surface area is 193 Å². The minimum absolute atomic E-state index is 0.0838. The number of carbonyl (C=O) groups is 1. The quantitative estimate of drug-likeness (QED) is 0.567. The normalized spacial score (nSPS) is 15.4. The number of nitrogens with one attached hydrogen (secondary N) is 1. The summed E-state index contributed by atoms with van der Waals surface area (Å²) in [7, 11) is 2.10. The van der Waals surface area contributed by atoms with Crippen LogP contribution in [0.25, 0.3) is 11.4 Å². The van der Waals surface area contributed by atoms with Crippen molar-refractivity contribution in [2.75, 3.05) is 38.1 Å². The van der Waals surface area contributed by atoms with E-state index in [1.165, 1.54) is 16.9 Å². The molecule has 4 rings (SSSR count). The fourth-order valence-electron chi connectivity index (χ4n) is 4.02. The van der Waals surface area contributed by atoms with Gasteiger partial charge in [-0.25, -0.2) is 4.39 Å². The number of rotatable bonds is 8. The van der Waals surface area contributed by atoms with Gasteiger partial charge in [0.25, 0.3) is 0 Å². The van der Waals surface area contributed by atoms with Gasteiger partial charge in [-0.1, -0.05) is 30.3 Å². The largest absolute Gasteiger partial charge is 0.369 e. The van der Waals surface area contributed by atoms with Crippen LogP contribution in [0.2, 0.25) is 0 Å². The van der Waals surface area contributed by atoms with Crippen molar-refractivity contribution in [3.63, 3.8) is 0 Å². The summed E-state index contributed by atoms with van der Waals surface area (Å²) in [5.41, 5.74) is 2.69. The molecule has 0 bridgehead atoms. The number of tetrazole rings is 1. The molecular formula is C24H30FN7O. The van der Waals surface area contributed by atoms with Crippen LogP contribution in [0.15, 0.2) is 48.5 Å². The van der Waals surface area contributed by atoms with E-state index in [0.717, 1.165) is 43.0 Å². The van der Waals surface area contributed by atoms with Crippen molar-refractivity contribution in [2.24, 2.45) is 0 Å².